The molecule has 6 heteroatoms. The van der Waals surface area contributed by atoms with Crippen LogP contribution in [0.4, 0.5) is 0 Å². The Kier molecular flexibility index (Phi) is 4.05. The number of carbonyl (C=O) groups excluding carboxylic acids is 1. The van der Waals surface area contributed by atoms with Crippen LogP contribution in [0.25, 0.3) is 0 Å². The fraction of sp³-hybridized carbons (Fsp3) is 0.778. The summed E-state index contributed by atoms with van der Waals surface area (Å²) >= 11 is 0. The highest BCUT2D eigenvalue weighted by atomic mass is 16.7. The monoisotopic (exact) mass is 216 g/mol. The zero-order valence-electron chi connectivity index (χ0n) is 8.49. The number of rotatable bonds is 3. The number of nitrogens with two attached hydrogens (primary N) is 1. The van der Waals surface area contributed by atoms with Crippen molar-refractivity contribution in [2.45, 2.75) is 37.6 Å². The van der Waals surface area contributed by atoms with Crippen LogP contribution in [0, 0.1) is 0 Å². The van der Waals surface area contributed by atoms with Crippen molar-refractivity contribution in [1.82, 2.24) is 5.48 Å². The van der Waals surface area contributed by atoms with Gasteiger partial charge in [-0.1, -0.05) is 19.3 Å². The molecule has 0 unspecified atom stereocenters. The van der Waals surface area contributed by atoms with Crippen molar-refractivity contribution in [2.24, 2.45) is 5.73 Å². The quantitative estimate of drug-likeness (QED) is 0.445. The summed E-state index contributed by atoms with van der Waals surface area (Å²) in [6.45, 7) is 0.333. The van der Waals surface area contributed by atoms with Gasteiger partial charge in [0.1, 0.15) is 0 Å². The van der Waals surface area contributed by atoms with E-state index in [2.05, 4.69) is 10.3 Å². The van der Waals surface area contributed by atoms with E-state index >= 15 is 0 Å². The van der Waals surface area contributed by atoms with Gasteiger partial charge in [-0.05, 0) is 12.8 Å². The summed E-state index contributed by atoms with van der Waals surface area (Å²) in [5.41, 5.74) is 7.67. The Labute approximate surface area is 87.7 Å². The number of nitrogens with one attached hydrogen (secondary N) is 1. The summed E-state index contributed by atoms with van der Waals surface area (Å²) < 4.78 is 0. The highest BCUT2D eigenvalue weighted by Gasteiger charge is 2.32. The lowest BCUT2D eigenvalue weighted by Crippen LogP contribution is -2.53. The van der Waals surface area contributed by atoms with Crippen molar-refractivity contribution in [1.29, 1.82) is 0 Å². The van der Waals surface area contributed by atoms with E-state index in [1.807, 2.05) is 0 Å². The maximum absolute atomic E-state index is 10.7. The van der Waals surface area contributed by atoms with Gasteiger partial charge in [0.25, 0.3) is 0 Å². The predicted molar refractivity (Wildman–Crippen MR) is 51.7 cm³/mol. The van der Waals surface area contributed by atoms with Crippen molar-refractivity contribution in [3.8, 4) is 0 Å². The van der Waals surface area contributed by atoms with Crippen LogP contribution in [0.5, 0.6) is 0 Å². The molecule has 0 bridgehead atoms. The number of carbonyl (C=O) groups is 2. The van der Waals surface area contributed by atoms with E-state index in [1.165, 1.54) is 0 Å². The Morgan fingerprint density at radius 1 is 1.33 bits per heavy atom. The number of hydroxylamine groups is 1. The minimum atomic E-state index is -1.61. The Bertz CT molecular complexity index is 248. The Hall–Kier alpha value is -1.14. The van der Waals surface area contributed by atoms with Gasteiger partial charge in [-0.15, -0.1) is 5.48 Å². The molecule has 86 valence electrons. The van der Waals surface area contributed by atoms with E-state index in [0.29, 0.717) is 6.54 Å². The topological polar surface area (TPSA) is 102 Å². The molecule has 0 atom stereocenters. The second kappa shape index (κ2) is 5.09. The molecule has 1 fully saturated rings. The van der Waals surface area contributed by atoms with E-state index in [4.69, 9.17) is 10.8 Å². The number of hydrogen-bond acceptors (Lipinski definition) is 5. The summed E-state index contributed by atoms with van der Waals surface area (Å²) in [6.07, 6.45) is 4.76. The first-order valence-corrected chi connectivity index (χ1v) is 5.01. The normalized spacial score (nSPS) is 19.5. The molecule has 1 aliphatic rings. The van der Waals surface area contributed by atoms with Gasteiger partial charge in [0.15, 0.2) is 0 Å². The summed E-state index contributed by atoms with van der Waals surface area (Å²) in [7, 11) is 0. The van der Waals surface area contributed by atoms with Crippen molar-refractivity contribution < 1.29 is 19.5 Å². The van der Waals surface area contributed by atoms with E-state index in [0.717, 1.165) is 32.1 Å². The van der Waals surface area contributed by atoms with Gasteiger partial charge in [-0.2, -0.15) is 0 Å². The first-order valence-electron chi connectivity index (χ1n) is 5.01. The lowest BCUT2D eigenvalue weighted by Gasteiger charge is -2.35. The molecule has 4 N–H and O–H groups in total. The van der Waals surface area contributed by atoms with Crippen LogP contribution in [0.15, 0.2) is 0 Å². The minimum absolute atomic E-state index is 0.333. The lowest BCUT2D eigenvalue weighted by atomic mass is 9.82. The Balaban J connectivity index is 2.45. The molecule has 0 saturated heterocycles. The van der Waals surface area contributed by atoms with Gasteiger partial charge >= 0.3 is 11.9 Å². The number of aliphatic carboxylic acids is 1. The molecule has 0 radical (unpaired) electrons. The zero-order valence-corrected chi connectivity index (χ0v) is 8.49. The third-order valence-electron chi connectivity index (χ3n) is 2.74. The first kappa shape index (κ1) is 11.9. The average molecular weight is 216 g/mol. The third-order valence-corrected chi connectivity index (χ3v) is 2.74. The smallest absolute Gasteiger partial charge is 0.435 e. The molecule has 1 rings (SSSR count). The van der Waals surface area contributed by atoms with Gasteiger partial charge in [0.2, 0.25) is 0 Å². The molecule has 6 nitrogen and oxygen atoms in total. The molecule has 0 aromatic carbocycles. The highest BCUT2D eigenvalue weighted by molar-refractivity contribution is 6.28. The summed E-state index contributed by atoms with van der Waals surface area (Å²) in [5.74, 6) is -2.90. The zero-order chi connectivity index (χ0) is 11.3. The number of hydrogen-bond donors (Lipinski definition) is 3. The fourth-order valence-corrected chi connectivity index (χ4v) is 1.77. The van der Waals surface area contributed by atoms with Gasteiger partial charge in [-0.3, -0.25) is 0 Å². The van der Waals surface area contributed by atoms with Crippen molar-refractivity contribution >= 4 is 11.9 Å². The van der Waals surface area contributed by atoms with Crippen molar-refractivity contribution in [2.75, 3.05) is 6.54 Å². The summed E-state index contributed by atoms with van der Waals surface area (Å²) in [5, 5.41) is 8.32. The molecule has 15 heavy (non-hydrogen) atoms. The van der Waals surface area contributed by atoms with E-state index in [-0.39, 0.29) is 0 Å². The van der Waals surface area contributed by atoms with E-state index < -0.39 is 17.5 Å². The molecule has 0 spiro atoms. The minimum Gasteiger partial charge on any atom is -0.473 e. The second-order valence-electron chi connectivity index (χ2n) is 3.84. The Morgan fingerprint density at radius 2 is 1.93 bits per heavy atom. The van der Waals surface area contributed by atoms with Crippen LogP contribution in [0.1, 0.15) is 32.1 Å². The van der Waals surface area contributed by atoms with Crippen LogP contribution >= 0.6 is 0 Å². The molecular weight excluding hydrogens is 200 g/mol. The molecule has 0 aliphatic heterocycles. The second-order valence-corrected chi connectivity index (χ2v) is 3.84. The maximum Gasteiger partial charge on any atom is 0.435 e. The van der Waals surface area contributed by atoms with Gasteiger partial charge in [0, 0.05) is 6.54 Å². The van der Waals surface area contributed by atoms with Crippen molar-refractivity contribution in [3.63, 3.8) is 0 Å². The van der Waals surface area contributed by atoms with Gasteiger partial charge < -0.3 is 15.7 Å². The van der Waals surface area contributed by atoms with Crippen molar-refractivity contribution in [3.05, 3.63) is 0 Å². The van der Waals surface area contributed by atoms with Gasteiger partial charge in [0.05, 0.1) is 5.54 Å². The largest absolute Gasteiger partial charge is 0.473 e. The first-order chi connectivity index (χ1) is 7.09. The van der Waals surface area contributed by atoms with Crippen LogP contribution in [-0.4, -0.2) is 29.1 Å². The standard InChI is InChI=1S/C9H16N2O4/c10-6-9(4-2-1-3-5-9)11-15-8(14)7(12)13/h11H,1-6,10H2,(H,12,13). The van der Waals surface area contributed by atoms with Gasteiger partial charge in [-0.25, -0.2) is 9.59 Å². The highest BCUT2D eigenvalue weighted by Crippen LogP contribution is 2.27. The predicted octanol–water partition coefficient (Wildman–Crippen LogP) is -0.220. The molecule has 0 heterocycles. The van der Waals surface area contributed by atoms with Crippen LogP contribution in [0.2, 0.25) is 0 Å². The average Bonchev–Trinajstić information content (AvgIpc) is 2.27. The SMILES string of the molecule is NCC1(NOC(=O)C(=O)O)CCCCC1. The van der Waals surface area contributed by atoms with Crippen LogP contribution in [-0.2, 0) is 14.4 Å². The van der Waals surface area contributed by atoms with E-state index in [1.54, 1.807) is 0 Å². The molecule has 0 aromatic rings. The lowest BCUT2D eigenvalue weighted by molar-refractivity contribution is -0.172. The fourth-order valence-electron chi connectivity index (χ4n) is 1.77. The van der Waals surface area contributed by atoms with Crippen LogP contribution in [0.3, 0.4) is 0 Å². The maximum atomic E-state index is 10.7. The Morgan fingerprint density at radius 3 is 2.40 bits per heavy atom. The summed E-state index contributed by atoms with van der Waals surface area (Å²) in [4.78, 5) is 25.4. The third kappa shape index (κ3) is 3.17. The molecule has 0 amide bonds. The molecule has 0 aromatic heterocycles. The van der Waals surface area contributed by atoms with E-state index in [9.17, 15) is 9.59 Å². The van der Waals surface area contributed by atoms with Crippen LogP contribution < -0.4 is 11.2 Å². The molecule has 1 aliphatic carbocycles. The molecule has 1 saturated carbocycles. The number of carboxylic acid groups (broad SMARTS) is 1. The number of carboxylic acids is 1. The molecular formula is C9H16N2O4. The summed E-state index contributed by atoms with van der Waals surface area (Å²) in [6, 6.07) is 0.